The van der Waals surface area contributed by atoms with Crippen molar-refractivity contribution in [1.29, 1.82) is 5.26 Å². The van der Waals surface area contributed by atoms with Gasteiger partial charge in [-0.25, -0.2) is 4.79 Å². The van der Waals surface area contributed by atoms with Crippen molar-refractivity contribution >= 4 is 35.2 Å². The molecular formula is C26H24N2O5S. The Morgan fingerprint density at radius 1 is 1.12 bits per heavy atom. The zero-order chi connectivity index (χ0) is 24.7. The predicted octanol–water partition coefficient (Wildman–Crippen LogP) is 2.60. The van der Waals surface area contributed by atoms with Gasteiger partial charge in [-0.1, -0.05) is 12.1 Å². The quantitative estimate of drug-likeness (QED) is 0.366. The molecule has 0 radical (unpaired) electrons. The van der Waals surface area contributed by atoms with Gasteiger partial charge < -0.3 is 9.47 Å². The van der Waals surface area contributed by atoms with Crippen LogP contribution in [0.2, 0.25) is 0 Å². The molecule has 7 nitrogen and oxygen atoms in total. The van der Waals surface area contributed by atoms with Gasteiger partial charge in [0.15, 0.2) is 5.78 Å². The minimum absolute atomic E-state index is 0.102. The fourth-order valence-electron chi connectivity index (χ4n) is 3.27. The standard InChI is InChI=1S/C26H24N2O5S/c1-4-32-22-11-10-20(17(3)29)13-21(22)16-28-24(14-25(30)33-5-2)34-23(26(28)31)12-18-6-8-19(15-27)9-7-18/h6-14H,4-5,16H2,1-3H3/b23-12+,24-14-. The molecule has 0 saturated carbocycles. The third-order valence-corrected chi connectivity index (χ3v) is 5.96. The van der Waals surface area contributed by atoms with E-state index in [2.05, 4.69) is 6.07 Å². The van der Waals surface area contributed by atoms with Gasteiger partial charge in [0.2, 0.25) is 0 Å². The second kappa shape index (κ2) is 11.3. The number of benzene rings is 2. The van der Waals surface area contributed by atoms with Crippen LogP contribution in [-0.2, 0) is 16.1 Å². The molecule has 0 amide bonds. The van der Waals surface area contributed by atoms with Crippen LogP contribution in [-0.4, -0.2) is 29.5 Å². The molecule has 1 heterocycles. The molecule has 3 aromatic rings. The molecule has 0 saturated heterocycles. The Balaban J connectivity index is 2.18. The van der Waals surface area contributed by atoms with Gasteiger partial charge in [-0.05, 0) is 62.7 Å². The lowest BCUT2D eigenvalue weighted by atomic mass is 10.1. The molecule has 0 aliphatic rings. The summed E-state index contributed by atoms with van der Waals surface area (Å²) in [4.78, 5) is 37.5. The molecule has 174 valence electrons. The number of carbonyl (C=O) groups excluding carboxylic acids is 2. The topological polar surface area (TPSA) is 98.4 Å². The van der Waals surface area contributed by atoms with Crippen LogP contribution in [0.1, 0.15) is 47.8 Å². The number of nitriles is 1. The fourth-order valence-corrected chi connectivity index (χ4v) is 4.30. The van der Waals surface area contributed by atoms with E-state index in [9.17, 15) is 14.4 Å². The number of Topliss-reactive ketones (excluding diaryl/α,β-unsaturated/α-hetero) is 1. The first kappa shape index (κ1) is 24.7. The summed E-state index contributed by atoms with van der Waals surface area (Å²) < 4.78 is 13.1. The molecular weight excluding hydrogens is 452 g/mol. The Kier molecular flexibility index (Phi) is 8.17. The van der Waals surface area contributed by atoms with Crippen molar-refractivity contribution in [3.63, 3.8) is 0 Å². The van der Waals surface area contributed by atoms with E-state index in [1.807, 2.05) is 6.92 Å². The van der Waals surface area contributed by atoms with Gasteiger partial charge in [0.05, 0.1) is 42.0 Å². The summed E-state index contributed by atoms with van der Waals surface area (Å²) in [5.74, 6) is -0.0923. The van der Waals surface area contributed by atoms with E-state index in [0.717, 1.165) is 16.9 Å². The van der Waals surface area contributed by atoms with Gasteiger partial charge in [-0.3, -0.25) is 14.2 Å². The van der Waals surface area contributed by atoms with Gasteiger partial charge >= 0.3 is 5.97 Å². The monoisotopic (exact) mass is 476 g/mol. The van der Waals surface area contributed by atoms with Crippen molar-refractivity contribution in [3.05, 3.63) is 84.3 Å². The van der Waals surface area contributed by atoms with Crippen molar-refractivity contribution in [1.82, 2.24) is 4.57 Å². The number of esters is 1. The highest BCUT2D eigenvalue weighted by atomic mass is 32.1. The first-order valence-electron chi connectivity index (χ1n) is 10.7. The van der Waals surface area contributed by atoms with Crippen LogP contribution in [0.5, 0.6) is 5.75 Å². The zero-order valence-electron chi connectivity index (χ0n) is 19.2. The summed E-state index contributed by atoms with van der Waals surface area (Å²) >= 11 is 1.16. The Morgan fingerprint density at radius 3 is 2.47 bits per heavy atom. The van der Waals surface area contributed by atoms with Gasteiger partial charge in [0.25, 0.3) is 5.56 Å². The lowest BCUT2D eigenvalue weighted by Gasteiger charge is -2.12. The van der Waals surface area contributed by atoms with Crippen molar-refractivity contribution < 1.29 is 19.1 Å². The minimum atomic E-state index is -0.551. The number of nitrogens with zero attached hydrogens (tertiary/aromatic N) is 2. The van der Waals surface area contributed by atoms with Gasteiger partial charge in [-0.15, -0.1) is 11.3 Å². The highest BCUT2D eigenvalue weighted by molar-refractivity contribution is 7.07. The number of ketones is 1. The van der Waals surface area contributed by atoms with E-state index in [1.54, 1.807) is 55.5 Å². The number of hydrogen-bond donors (Lipinski definition) is 0. The summed E-state index contributed by atoms with van der Waals surface area (Å²) in [6.45, 7) is 5.77. The van der Waals surface area contributed by atoms with Crippen LogP contribution in [0.15, 0.2) is 47.3 Å². The SMILES string of the molecule is CCOC(=O)/C=c1\s/c(=C/c2ccc(C#N)cc2)c(=O)n1Cc1cc(C(C)=O)ccc1OCC. The van der Waals surface area contributed by atoms with Crippen LogP contribution in [0.25, 0.3) is 12.2 Å². The van der Waals surface area contributed by atoms with Crippen LogP contribution in [0.3, 0.4) is 0 Å². The molecule has 0 unspecified atom stereocenters. The number of thiazole rings is 1. The largest absolute Gasteiger partial charge is 0.494 e. The van der Waals surface area contributed by atoms with E-state index in [4.69, 9.17) is 14.7 Å². The van der Waals surface area contributed by atoms with Crippen molar-refractivity contribution in [2.24, 2.45) is 0 Å². The second-order valence-corrected chi connectivity index (χ2v) is 8.34. The van der Waals surface area contributed by atoms with Crippen LogP contribution < -0.4 is 19.5 Å². The summed E-state index contributed by atoms with van der Waals surface area (Å²) in [6.07, 6.45) is 3.00. The molecule has 0 spiro atoms. The Labute approximate surface area is 200 Å². The highest BCUT2D eigenvalue weighted by Crippen LogP contribution is 2.21. The molecule has 0 aliphatic carbocycles. The summed E-state index contributed by atoms with van der Waals surface area (Å²) in [5.41, 5.74) is 2.13. The van der Waals surface area contributed by atoms with Crippen LogP contribution >= 0.6 is 11.3 Å². The Bertz CT molecular complexity index is 1430. The first-order valence-corrected chi connectivity index (χ1v) is 11.5. The maximum Gasteiger partial charge on any atom is 0.333 e. The van der Waals surface area contributed by atoms with Crippen molar-refractivity contribution in [2.45, 2.75) is 27.3 Å². The van der Waals surface area contributed by atoms with E-state index < -0.39 is 5.97 Å². The molecule has 0 bridgehead atoms. The molecule has 2 aromatic carbocycles. The first-order chi connectivity index (χ1) is 16.4. The lowest BCUT2D eigenvalue weighted by molar-refractivity contribution is -0.135. The maximum absolute atomic E-state index is 13.4. The molecule has 0 atom stereocenters. The Hall–Kier alpha value is -3.96. The third kappa shape index (κ3) is 5.88. The second-order valence-electron chi connectivity index (χ2n) is 7.28. The molecule has 0 fully saturated rings. The lowest BCUT2D eigenvalue weighted by Crippen LogP contribution is -2.32. The van der Waals surface area contributed by atoms with Gasteiger partial charge in [-0.2, -0.15) is 5.26 Å². The number of rotatable bonds is 8. The van der Waals surface area contributed by atoms with E-state index in [1.165, 1.54) is 17.6 Å². The van der Waals surface area contributed by atoms with Crippen LogP contribution in [0.4, 0.5) is 0 Å². The maximum atomic E-state index is 13.4. The highest BCUT2D eigenvalue weighted by Gasteiger charge is 2.13. The molecule has 8 heteroatoms. The van der Waals surface area contributed by atoms with Gasteiger partial charge in [0, 0.05) is 11.1 Å². The van der Waals surface area contributed by atoms with E-state index in [0.29, 0.717) is 38.2 Å². The molecule has 0 N–H and O–H groups in total. The van der Waals surface area contributed by atoms with Gasteiger partial charge in [0.1, 0.15) is 10.4 Å². The normalized spacial score (nSPS) is 11.8. The fraction of sp³-hybridized carbons (Fsp3) is 0.231. The van der Waals surface area contributed by atoms with Crippen LogP contribution in [0, 0.1) is 11.3 Å². The van der Waals surface area contributed by atoms with E-state index >= 15 is 0 Å². The predicted molar refractivity (Wildman–Crippen MR) is 130 cm³/mol. The average Bonchev–Trinajstić information content (AvgIpc) is 3.09. The third-order valence-electron chi connectivity index (χ3n) is 4.90. The Morgan fingerprint density at radius 2 is 1.85 bits per heavy atom. The number of ether oxygens (including phenoxy) is 2. The number of aromatic nitrogens is 1. The molecule has 3 rings (SSSR count). The zero-order valence-corrected chi connectivity index (χ0v) is 20.0. The molecule has 34 heavy (non-hydrogen) atoms. The molecule has 1 aromatic heterocycles. The number of carbonyl (C=O) groups is 2. The number of hydrogen-bond acceptors (Lipinski definition) is 7. The van der Waals surface area contributed by atoms with Crippen molar-refractivity contribution in [2.75, 3.05) is 13.2 Å². The minimum Gasteiger partial charge on any atom is -0.494 e. The molecule has 0 aliphatic heterocycles. The summed E-state index contributed by atoms with van der Waals surface area (Å²) in [7, 11) is 0. The van der Waals surface area contributed by atoms with Crippen molar-refractivity contribution in [3.8, 4) is 11.8 Å². The van der Waals surface area contributed by atoms with E-state index in [-0.39, 0.29) is 24.5 Å². The summed E-state index contributed by atoms with van der Waals surface area (Å²) in [6, 6.07) is 14.0. The smallest absolute Gasteiger partial charge is 0.333 e. The average molecular weight is 477 g/mol. The summed E-state index contributed by atoms with van der Waals surface area (Å²) in [5, 5.41) is 8.99.